The first kappa shape index (κ1) is 11.9. The fourth-order valence-electron chi connectivity index (χ4n) is 0.622. The van der Waals surface area contributed by atoms with E-state index in [1.54, 1.807) is 0 Å². The van der Waals surface area contributed by atoms with Crippen molar-refractivity contribution in [2.45, 2.75) is 0 Å². The lowest BCUT2D eigenvalue weighted by Crippen LogP contribution is -2.20. The standard InChI is InChI=1S/C6BF5.H2O/c7-1-2(8)4(10)6(12)5(11)3(1)9;/h;1H2. The van der Waals surface area contributed by atoms with Gasteiger partial charge in [-0.3, -0.25) is 0 Å². The summed E-state index contributed by atoms with van der Waals surface area (Å²) < 4.78 is 61.1. The topological polar surface area (TPSA) is 31.5 Å². The van der Waals surface area contributed by atoms with Gasteiger partial charge in [0.1, 0.15) is 7.85 Å². The molecule has 0 atom stereocenters. The van der Waals surface area contributed by atoms with E-state index < -0.39 is 34.5 Å². The molecule has 0 aliphatic rings. The van der Waals surface area contributed by atoms with Crippen LogP contribution in [0.4, 0.5) is 22.0 Å². The van der Waals surface area contributed by atoms with Crippen molar-refractivity contribution in [2.24, 2.45) is 0 Å². The summed E-state index contributed by atoms with van der Waals surface area (Å²) in [6, 6.07) is 0. The molecule has 0 amide bonds. The number of hydrogen-bond donors (Lipinski definition) is 0. The van der Waals surface area contributed by atoms with E-state index in [0.717, 1.165) is 0 Å². The summed E-state index contributed by atoms with van der Waals surface area (Å²) in [7, 11) is 4.56. The van der Waals surface area contributed by atoms with Gasteiger partial charge >= 0.3 is 0 Å². The van der Waals surface area contributed by atoms with Gasteiger partial charge in [0.2, 0.25) is 0 Å². The highest BCUT2D eigenvalue weighted by atomic mass is 19.2. The maximum absolute atomic E-state index is 12.3. The fraction of sp³-hybridized carbons (Fsp3) is 0. The van der Waals surface area contributed by atoms with Crippen LogP contribution in [0.25, 0.3) is 0 Å². The summed E-state index contributed by atoms with van der Waals surface area (Å²) >= 11 is 0. The van der Waals surface area contributed by atoms with E-state index in [1.807, 2.05) is 0 Å². The van der Waals surface area contributed by atoms with E-state index in [4.69, 9.17) is 0 Å². The lowest BCUT2D eigenvalue weighted by atomic mass is 9.94. The fourth-order valence-corrected chi connectivity index (χ4v) is 0.622. The van der Waals surface area contributed by atoms with Crippen molar-refractivity contribution in [1.82, 2.24) is 0 Å². The van der Waals surface area contributed by atoms with E-state index in [2.05, 4.69) is 7.85 Å². The molecule has 0 saturated heterocycles. The van der Waals surface area contributed by atoms with Gasteiger partial charge in [0.15, 0.2) is 29.1 Å². The molecular weight excluding hydrogens is 194 g/mol. The molecule has 1 nitrogen and oxygen atoms in total. The maximum Gasteiger partial charge on any atom is 0.200 e. The van der Waals surface area contributed by atoms with Crippen LogP contribution in [-0.4, -0.2) is 13.3 Å². The SMILES string of the molecule is O.[B]c1c(F)c(F)c(F)c(F)c1F. The van der Waals surface area contributed by atoms with Crippen LogP contribution in [0.3, 0.4) is 0 Å². The Bertz CT molecular complexity index is 235. The average Bonchev–Trinajstić information content (AvgIpc) is 2.08. The second-order valence-corrected chi connectivity index (χ2v) is 1.98. The zero-order valence-corrected chi connectivity index (χ0v) is 5.97. The molecule has 0 heterocycles. The summed E-state index contributed by atoms with van der Waals surface area (Å²) in [6.45, 7) is 0. The summed E-state index contributed by atoms with van der Waals surface area (Å²) in [5, 5.41) is 0. The molecule has 1 rings (SSSR count). The first-order valence-corrected chi connectivity index (χ1v) is 2.73. The predicted molar refractivity (Wildman–Crippen MR) is 35.2 cm³/mol. The quantitative estimate of drug-likeness (QED) is 0.248. The Hall–Kier alpha value is -1.11. The van der Waals surface area contributed by atoms with E-state index in [1.165, 1.54) is 0 Å². The Kier molecular flexibility index (Phi) is 3.42. The van der Waals surface area contributed by atoms with Gasteiger partial charge in [-0.25, -0.2) is 22.0 Å². The van der Waals surface area contributed by atoms with Crippen LogP contribution in [-0.2, 0) is 0 Å². The lowest BCUT2D eigenvalue weighted by Gasteiger charge is -2.02. The Morgan fingerprint density at radius 1 is 0.615 bits per heavy atom. The van der Waals surface area contributed by atoms with E-state index >= 15 is 0 Å². The molecule has 0 saturated carbocycles. The minimum atomic E-state index is -2.21. The van der Waals surface area contributed by atoms with Gasteiger partial charge in [0.05, 0.1) is 0 Å². The van der Waals surface area contributed by atoms with Crippen LogP contribution < -0.4 is 5.46 Å². The molecule has 0 aliphatic carbocycles. The largest absolute Gasteiger partial charge is 0.412 e. The Labute approximate surface area is 70.9 Å². The highest BCUT2D eigenvalue weighted by Gasteiger charge is 2.22. The van der Waals surface area contributed by atoms with Crippen LogP contribution in [0.5, 0.6) is 0 Å². The van der Waals surface area contributed by atoms with Crippen molar-refractivity contribution in [3.8, 4) is 0 Å². The Morgan fingerprint density at radius 2 is 0.846 bits per heavy atom. The van der Waals surface area contributed by atoms with Crippen LogP contribution in [0.1, 0.15) is 0 Å². The van der Waals surface area contributed by atoms with Gasteiger partial charge in [-0.15, -0.1) is 0 Å². The van der Waals surface area contributed by atoms with Crippen LogP contribution >= 0.6 is 0 Å². The zero-order chi connectivity index (χ0) is 9.46. The third-order valence-electron chi connectivity index (χ3n) is 1.24. The van der Waals surface area contributed by atoms with E-state index in [0.29, 0.717) is 0 Å². The molecule has 1 aromatic rings. The molecule has 0 fully saturated rings. The summed E-state index contributed by atoms with van der Waals surface area (Å²) in [5.41, 5.74) is -1.37. The molecule has 0 aliphatic heterocycles. The van der Waals surface area contributed by atoms with Crippen molar-refractivity contribution in [1.29, 1.82) is 0 Å². The smallest absolute Gasteiger partial charge is 0.200 e. The average molecular weight is 196 g/mol. The minimum absolute atomic E-state index is 0. The van der Waals surface area contributed by atoms with Crippen molar-refractivity contribution in [3.05, 3.63) is 29.1 Å². The van der Waals surface area contributed by atoms with Crippen LogP contribution in [0.2, 0.25) is 0 Å². The third-order valence-corrected chi connectivity index (χ3v) is 1.24. The summed E-state index contributed by atoms with van der Waals surface area (Å²) in [4.78, 5) is 0. The van der Waals surface area contributed by atoms with E-state index in [-0.39, 0.29) is 5.48 Å². The Balaban J connectivity index is 0.00000144. The Morgan fingerprint density at radius 3 is 1.15 bits per heavy atom. The minimum Gasteiger partial charge on any atom is -0.412 e. The van der Waals surface area contributed by atoms with Gasteiger partial charge in [-0.2, -0.15) is 0 Å². The van der Waals surface area contributed by atoms with Crippen molar-refractivity contribution >= 4 is 13.3 Å². The van der Waals surface area contributed by atoms with E-state index in [9.17, 15) is 22.0 Å². The zero-order valence-electron chi connectivity index (χ0n) is 5.97. The number of benzene rings is 1. The van der Waals surface area contributed by atoms with Gasteiger partial charge in [0, 0.05) is 0 Å². The molecule has 0 aromatic heterocycles. The normalized spacial score (nSPS) is 9.62. The van der Waals surface area contributed by atoms with Gasteiger partial charge in [0.25, 0.3) is 0 Å². The summed E-state index contributed by atoms with van der Waals surface area (Å²) in [5.74, 6) is -10.3. The predicted octanol–water partition coefficient (Wildman–Crippen LogP) is 0.351. The van der Waals surface area contributed by atoms with Crippen LogP contribution in [0.15, 0.2) is 0 Å². The molecule has 2 radical (unpaired) electrons. The molecule has 0 unspecified atom stereocenters. The highest BCUT2D eigenvalue weighted by molar-refractivity contribution is 6.32. The van der Waals surface area contributed by atoms with Gasteiger partial charge < -0.3 is 5.48 Å². The molecule has 2 N–H and O–H groups in total. The molecule has 0 bridgehead atoms. The molecule has 1 aromatic carbocycles. The van der Waals surface area contributed by atoms with Crippen molar-refractivity contribution < 1.29 is 27.4 Å². The first-order chi connectivity index (χ1) is 5.46. The van der Waals surface area contributed by atoms with Crippen molar-refractivity contribution in [3.63, 3.8) is 0 Å². The van der Waals surface area contributed by atoms with Crippen molar-refractivity contribution in [2.75, 3.05) is 0 Å². The van der Waals surface area contributed by atoms with Gasteiger partial charge in [-0.1, -0.05) is 0 Å². The number of hydrogen-bond acceptors (Lipinski definition) is 0. The lowest BCUT2D eigenvalue weighted by molar-refractivity contribution is 0.384. The second kappa shape index (κ2) is 3.74. The third kappa shape index (κ3) is 1.64. The number of halogens is 5. The van der Waals surface area contributed by atoms with Crippen LogP contribution in [0, 0.1) is 29.1 Å². The van der Waals surface area contributed by atoms with Gasteiger partial charge in [-0.05, 0) is 5.46 Å². The monoisotopic (exact) mass is 196 g/mol. The molecule has 13 heavy (non-hydrogen) atoms. The second-order valence-electron chi connectivity index (χ2n) is 1.98. The molecule has 7 heteroatoms. The molecular formula is C6H2BF5O. The maximum atomic E-state index is 12.3. The number of rotatable bonds is 0. The highest BCUT2D eigenvalue weighted by Crippen LogP contribution is 2.14. The first-order valence-electron chi connectivity index (χ1n) is 2.73. The summed E-state index contributed by atoms with van der Waals surface area (Å²) in [6.07, 6.45) is 0. The molecule has 0 spiro atoms. The molecule has 70 valence electrons.